The van der Waals surface area contributed by atoms with Crippen molar-refractivity contribution >= 4 is 16.8 Å². The molecule has 0 saturated carbocycles. The van der Waals surface area contributed by atoms with Gasteiger partial charge in [-0.2, -0.15) is 5.26 Å². The summed E-state index contributed by atoms with van der Waals surface area (Å²) in [5.74, 6) is 1.13. The van der Waals surface area contributed by atoms with Crippen LogP contribution in [0.5, 0.6) is 11.5 Å². The van der Waals surface area contributed by atoms with Gasteiger partial charge in [-0.3, -0.25) is 4.79 Å². The molecule has 1 aliphatic rings. The summed E-state index contributed by atoms with van der Waals surface area (Å²) < 4.78 is 11.2. The highest BCUT2D eigenvalue weighted by Crippen LogP contribution is 2.25. The average molecular weight is 373 g/mol. The molecule has 1 aliphatic heterocycles. The molecule has 2 heterocycles. The van der Waals surface area contributed by atoms with Crippen LogP contribution in [0.1, 0.15) is 28.9 Å². The van der Waals surface area contributed by atoms with Gasteiger partial charge in [0, 0.05) is 12.0 Å². The Bertz CT molecular complexity index is 1040. The number of nitriles is 1. The first-order chi connectivity index (χ1) is 13.7. The highest BCUT2D eigenvalue weighted by Gasteiger charge is 2.18. The number of nitrogens with zero attached hydrogens (tertiary/aromatic N) is 2. The van der Waals surface area contributed by atoms with Crippen molar-refractivity contribution in [1.82, 2.24) is 10.3 Å². The van der Waals surface area contributed by atoms with Gasteiger partial charge in [0.15, 0.2) is 0 Å². The zero-order chi connectivity index (χ0) is 19.3. The van der Waals surface area contributed by atoms with Gasteiger partial charge in [-0.15, -0.1) is 0 Å². The van der Waals surface area contributed by atoms with E-state index in [0.29, 0.717) is 29.4 Å². The van der Waals surface area contributed by atoms with E-state index in [0.717, 1.165) is 30.4 Å². The van der Waals surface area contributed by atoms with Crippen molar-refractivity contribution in [3.05, 3.63) is 65.9 Å². The van der Waals surface area contributed by atoms with E-state index in [9.17, 15) is 4.79 Å². The molecule has 0 spiro atoms. The third kappa shape index (κ3) is 4.11. The van der Waals surface area contributed by atoms with Crippen molar-refractivity contribution in [3.63, 3.8) is 0 Å². The molecule has 0 aliphatic carbocycles. The predicted molar refractivity (Wildman–Crippen MR) is 104 cm³/mol. The Labute approximate surface area is 162 Å². The minimum atomic E-state index is -0.185. The lowest BCUT2D eigenvalue weighted by Crippen LogP contribution is -2.40. The summed E-state index contributed by atoms with van der Waals surface area (Å²) in [6.07, 6.45) is 1.88. The van der Waals surface area contributed by atoms with Crippen molar-refractivity contribution in [2.24, 2.45) is 0 Å². The summed E-state index contributed by atoms with van der Waals surface area (Å²) in [4.78, 5) is 16.9. The molecule has 140 valence electrons. The molecule has 1 aromatic heterocycles. The number of carbonyl (C=O) groups excluding carboxylic acids is 1. The van der Waals surface area contributed by atoms with Gasteiger partial charge >= 0.3 is 0 Å². The highest BCUT2D eigenvalue weighted by molar-refractivity contribution is 5.95. The molecular weight excluding hydrogens is 354 g/mol. The van der Waals surface area contributed by atoms with Crippen LogP contribution >= 0.6 is 0 Å². The third-order valence-electron chi connectivity index (χ3n) is 4.61. The van der Waals surface area contributed by atoms with E-state index in [4.69, 9.17) is 14.7 Å². The first-order valence-corrected chi connectivity index (χ1v) is 9.19. The summed E-state index contributed by atoms with van der Waals surface area (Å²) in [7, 11) is 0. The lowest BCUT2D eigenvalue weighted by atomic mass is 10.1. The summed E-state index contributed by atoms with van der Waals surface area (Å²) in [6.45, 7) is 1.31. The maximum Gasteiger partial charge on any atom is 0.270 e. The van der Waals surface area contributed by atoms with E-state index in [1.165, 1.54) is 0 Å². The minimum Gasteiger partial charge on any atom is -0.457 e. The Morgan fingerprint density at radius 3 is 2.71 bits per heavy atom. The average Bonchev–Trinajstić information content (AvgIpc) is 2.74. The Balaban J connectivity index is 1.48. The number of rotatable bonds is 4. The van der Waals surface area contributed by atoms with Gasteiger partial charge in [0.1, 0.15) is 17.2 Å². The molecule has 0 unspecified atom stereocenters. The van der Waals surface area contributed by atoms with Crippen LogP contribution in [-0.2, 0) is 4.74 Å². The normalized spacial score (nSPS) is 16.3. The number of carbonyl (C=O) groups is 1. The maximum absolute atomic E-state index is 12.4. The molecule has 1 saturated heterocycles. The highest BCUT2D eigenvalue weighted by atomic mass is 16.5. The number of amides is 1. The van der Waals surface area contributed by atoms with Crippen molar-refractivity contribution < 1.29 is 14.3 Å². The summed E-state index contributed by atoms with van der Waals surface area (Å²) in [6, 6.07) is 18.1. The second kappa shape index (κ2) is 8.07. The second-order valence-corrected chi connectivity index (χ2v) is 6.68. The number of pyridine rings is 1. The largest absolute Gasteiger partial charge is 0.457 e. The summed E-state index contributed by atoms with van der Waals surface area (Å²) in [5.41, 5.74) is 1.69. The van der Waals surface area contributed by atoms with Gasteiger partial charge < -0.3 is 14.8 Å². The predicted octanol–water partition coefficient (Wildman–Crippen LogP) is 3.81. The van der Waals surface area contributed by atoms with Crippen LogP contribution < -0.4 is 10.1 Å². The molecule has 1 N–H and O–H groups in total. The third-order valence-corrected chi connectivity index (χ3v) is 4.61. The SMILES string of the molecule is N#Cc1ccc(Oc2ccc3nc(C(=O)N[C@@H]4CCCOC4)ccc3c2)cc1. The first-order valence-electron chi connectivity index (χ1n) is 9.19. The van der Waals surface area contributed by atoms with Gasteiger partial charge in [0.05, 0.1) is 29.8 Å². The molecule has 1 amide bonds. The van der Waals surface area contributed by atoms with E-state index in [1.54, 1.807) is 30.3 Å². The fourth-order valence-corrected chi connectivity index (χ4v) is 3.14. The van der Waals surface area contributed by atoms with E-state index < -0.39 is 0 Å². The van der Waals surface area contributed by atoms with E-state index in [2.05, 4.69) is 16.4 Å². The first kappa shape index (κ1) is 18.0. The molecule has 6 nitrogen and oxygen atoms in total. The molecular formula is C22H19N3O3. The number of hydrogen-bond donors (Lipinski definition) is 1. The molecule has 1 fully saturated rings. The van der Waals surface area contributed by atoms with Crippen LogP contribution in [0.25, 0.3) is 10.9 Å². The Morgan fingerprint density at radius 2 is 1.96 bits per heavy atom. The smallest absolute Gasteiger partial charge is 0.270 e. The number of aromatic nitrogens is 1. The van der Waals surface area contributed by atoms with E-state index in [1.807, 2.05) is 24.3 Å². The summed E-state index contributed by atoms with van der Waals surface area (Å²) >= 11 is 0. The van der Waals surface area contributed by atoms with Gasteiger partial charge in [-0.25, -0.2) is 4.98 Å². The van der Waals surface area contributed by atoms with Crippen molar-refractivity contribution in [2.45, 2.75) is 18.9 Å². The van der Waals surface area contributed by atoms with Crippen LogP contribution in [0.15, 0.2) is 54.6 Å². The van der Waals surface area contributed by atoms with Crippen LogP contribution in [0.4, 0.5) is 0 Å². The van der Waals surface area contributed by atoms with Gasteiger partial charge in [0.2, 0.25) is 0 Å². The quantitative estimate of drug-likeness (QED) is 0.752. The van der Waals surface area contributed by atoms with Gasteiger partial charge in [-0.1, -0.05) is 6.07 Å². The van der Waals surface area contributed by atoms with Gasteiger partial charge in [-0.05, 0) is 61.4 Å². The minimum absolute atomic E-state index is 0.0435. The molecule has 28 heavy (non-hydrogen) atoms. The Morgan fingerprint density at radius 1 is 1.14 bits per heavy atom. The van der Waals surface area contributed by atoms with Crippen molar-refractivity contribution in [2.75, 3.05) is 13.2 Å². The number of hydrogen-bond acceptors (Lipinski definition) is 5. The van der Waals surface area contributed by atoms with Crippen molar-refractivity contribution in [3.8, 4) is 17.6 Å². The standard InChI is InChI=1S/C22H19N3O3/c23-13-15-3-6-18(7-4-15)28-19-8-10-20-16(12-19)5-9-21(25-20)22(26)24-17-2-1-11-27-14-17/h3-10,12,17H,1-2,11,14H2,(H,24,26)/t17-/m1/s1. The Kier molecular flexibility index (Phi) is 5.18. The number of fused-ring (bicyclic) bond motifs is 1. The Hall–Kier alpha value is -3.43. The van der Waals surface area contributed by atoms with Crippen LogP contribution in [-0.4, -0.2) is 30.1 Å². The van der Waals surface area contributed by atoms with Crippen LogP contribution in [0, 0.1) is 11.3 Å². The topological polar surface area (TPSA) is 84.2 Å². The van der Waals surface area contributed by atoms with Crippen LogP contribution in [0.3, 0.4) is 0 Å². The van der Waals surface area contributed by atoms with Crippen LogP contribution in [0.2, 0.25) is 0 Å². The summed E-state index contributed by atoms with van der Waals surface area (Å²) in [5, 5.41) is 12.7. The molecule has 0 bridgehead atoms. The second-order valence-electron chi connectivity index (χ2n) is 6.68. The maximum atomic E-state index is 12.4. The number of nitrogens with one attached hydrogen (secondary N) is 1. The molecule has 3 aromatic rings. The van der Waals surface area contributed by atoms with E-state index >= 15 is 0 Å². The fraction of sp³-hybridized carbons (Fsp3) is 0.227. The molecule has 2 aromatic carbocycles. The lowest BCUT2D eigenvalue weighted by Gasteiger charge is -2.22. The fourth-order valence-electron chi connectivity index (χ4n) is 3.14. The zero-order valence-corrected chi connectivity index (χ0v) is 15.2. The van der Waals surface area contributed by atoms with Crippen molar-refractivity contribution in [1.29, 1.82) is 5.26 Å². The lowest BCUT2D eigenvalue weighted by molar-refractivity contribution is 0.0622. The monoisotopic (exact) mass is 373 g/mol. The molecule has 0 radical (unpaired) electrons. The molecule has 4 rings (SSSR count). The molecule has 1 atom stereocenters. The number of ether oxygens (including phenoxy) is 2. The van der Waals surface area contributed by atoms with E-state index in [-0.39, 0.29) is 11.9 Å². The molecule has 6 heteroatoms. The van der Waals surface area contributed by atoms with Gasteiger partial charge in [0.25, 0.3) is 5.91 Å². The number of benzene rings is 2. The zero-order valence-electron chi connectivity index (χ0n) is 15.2.